The van der Waals surface area contributed by atoms with Crippen molar-refractivity contribution >= 4 is 16.8 Å². The molecule has 0 radical (unpaired) electrons. The van der Waals surface area contributed by atoms with Gasteiger partial charge in [-0.1, -0.05) is 0 Å². The van der Waals surface area contributed by atoms with E-state index >= 15 is 0 Å². The lowest BCUT2D eigenvalue weighted by Crippen LogP contribution is -2.35. The average Bonchev–Trinajstić information content (AvgIpc) is 3.35. The van der Waals surface area contributed by atoms with Crippen molar-refractivity contribution in [2.24, 2.45) is 0 Å². The molecule has 1 aliphatic heterocycles. The van der Waals surface area contributed by atoms with Crippen LogP contribution in [0.15, 0.2) is 24.3 Å². The van der Waals surface area contributed by atoms with Crippen LogP contribution in [0, 0.1) is 0 Å². The second-order valence-electron chi connectivity index (χ2n) is 6.89. The van der Waals surface area contributed by atoms with Gasteiger partial charge in [-0.15, -0.1) is 13.2 Å². The number of nitrogens with one attached hydrogen (secondary N) is 1. The number of alkyl halides is 3. The molecule has 2 fully saturated rings. The van der Waals surface area contributed by atoms with Gasteiger partial charge < -0.3 is 14.6 Å². The van der Waals surface area contributed by atoms with Gasteiger partial charge in [0.2, 0.25) is 0 Å². The fourth-order valence-corrected chi connectivity index (χ4v) is 3.53. The summed E-state index contributed by atoms with van der Waals surface area (Å²) in [5.74, 6) is -0.419. The third kappa shape index (κ3) is 3.80. The van der Waals surface area contributed by atoms with Crippen LogP contribution in [0.2, 0.25) is 0 Å². The molecule has 1 aromatic heterocycles. The molecule has 0 spiro atoms. The summed E-state index contributed by atoms with van der Waals surface area (Å²) >= 11 is 0. The molecular formula is C18H20F3N3O2. The maximum absolute atomic E-state index is 12.8. The summed E-state index contributed by atoms with van der Waals surface area (Å²) in [6, 6.07) is 6.39. The van der Waals surface area contributed by atoms with E-state index < -0.39 is 6.36 Å². The van der Waals surface area contributed by atoms with E-state index in [0.29, 0.717) is 35.7 Å². The van der Waals surface area contributed by atoms with Crippen molar-refractivity contribution in [2.75, 3.05) is 26.2 Å². The summed E-state index contributed by atoms with van der Waals surface area (Å²) in [4.78, 5) is 20.0. The first-order valence-corrected chi connectivity index (χ1v) is 8.81. The average molecular weight is 367 g/mol. The normalized spacial score (nSPS) is 19.6. The van der Waals surface area contributed by atoms with E-state index in [9.17, 15) is 18.0 Å². The van der Waals surface area contributed by atoms with Gasteiger partial charge in [0.25, 0.3) is 5.91 Å². The minimum Gasteiger partial charge on any atom is -0.406 e. The molecule has 0 bridgehead atoms. The summed E-state index contributed by atoms with van der Waals surface area (Å²) in [5.41, 5.74) is 0.841. The standard InChI is InChI=1S/C18H20F3N3O2/c19-18(20,21)26-14-5-2-12-10-16(22-15(12)11-14)17(25)24-7-1-6-23(8-9-24)13-3-4-13/h2,5,10-11,13,22H,1,3-4,6-9H2. The number of benzene rings is 1. The molecule has 26 heavy (non-hydrogen) atoms. The van der Waals surface area contributed by atoms with Crippen LogP contribution in [0.4, 0.5) is 13.2 Å². The molecule has 140 valence electrons. The Balaban J connectivity index is 1.49. The van der Waals surface area contributed by atoms with Crippen molar-refractivity contribution in [3.05, 3.63) is 30.0 Å². The van der Waals surface area contributed by atoms with Crippen LogP contribution < -0.4 is 4.74 Å². The number of amides is 1. The van der Waals surface area contributed by atoms with Crippen LogP contribution in [-0.4, -0.2) is 59.3 Å². The molecule has 0 unspecified atom stereocenters. The van der Waals surface area contributed by atoms with Crippen molar-refractivity contribution in [3.63, 3.8) is 0 Å². The van der Waals surface area contributed by atoms with Gasteiger partial charge in [0.1, 0.15) is 11.4 Å². The first-order chi connectivity index (χ1) is 12.4. The Morgan fingerprint density at radius 2 is 1.92 bits per heavy atom. The quantitative estimate of drug-likeness (QED) is 0.905. The monoisotopic (exact) mass is 367 g/mol. The van der Waals surface area contributed by atoms with E-state index in [0.717, 1.165) is 19.5 Å². The van der Waals surface area contributed by atoms with Crippen LogP contribution in [0.3, 0.4) is 0 Å². The van der Waals surface area contributed by atoms with Crippen molar-refractivity contribution in [1.29, 1.82) is 0 Å². The molecule has 2 aromatic rings. The molecule has 1 aromatic carbocycles. The number of fused-ring (bicyclic) bond motifs is 1. The van der Waals surface area contributed by atoms with E-state index in [1.54, 1.807) is 6.07 Å². The molecule has 4 rings (SSSR count). The van der Waals surface area contributed by atoms with Crippen LogP contribution in [0.1, 0.15) is 29.8 Å². The number of carbonyl (C=O) groups is 1. The second kappa shape index (κ2) is 6.50. The summed E-state index contributed by atoms with van der Waals surface area (Å²) in [6.45, 7) is 3.26. The predicted octanol–water partition coefficient (Wildman–Crippen LogP) is 3.38. The first kappa shape index (κ1) is 17.2. The molecule has 2 aliphatic rings. The lowest BCUT2D eigenvalue weighted by atomic mass is 10.2. The molecule has 1 saturated carbocycles. The number of halogens is 3. The van der Waals surface area contributed by atoms with Crippen molar-refractivity contribution in [3.8, 4) is 5.75 Å². The zero-order valence-electron chi connectivity index (χ0n) is 14.2. The molecule has 2 heterocycles. The molecular weight excluding hydrogens is 347 g/mol. The highest BCUT2D eigenvalue weighted by Crippen LogP contribution is 2.29. The molecule has 1 saturated heterocycles. The predicted molar refractivity (Wildman–Crippen MR) is 90.1 cm³/mol. The molecule has 8 heteroatoms. The van der Waals surface area contributed by atoms with Crippen LogP contribution in [-0.2, 0) is 0 Å². The lowest BCUT2D eigenvalue weighted by Gasteiger charge is -2.21. The Hall–Kier alpha value is -2.22. The van der Waals surface area contributed by atoms with Crippen LogP contribution in [0.5, 0.6) is 5.75 Å². The molecule has 1 N–H and O–H groups in total. The van der Waals surface area contributed by atoms with Crippen LogP contribution in [0.25, 0.3) is 10.9 Å². The van der Waals surface area contributed by atoms with E-state index in [4.69, 9.17) is 0 Å². The fourth-order valence-electron chi connectivity index (χ4n) is 3.53. The zero-order chi connectivity index (χ0) is 18.3. The minimum absolute atomic E-state index is 0.114. The van der Waals surface area contributed by atoms with E-state index in [2.05, 4.69) is 14.6 Å². The Labute approximate surface area is 148 Å². The Morgan fingerprint density at radius 1 is 1.12 bits per heavy atom. The molecule has 5 nitrogen and oxygen atoms in total. The summed E-state index contributed by atoms with van der Waals surface area (Å²) in [7, 11) is 0. The van der Waals surface area contributed by atoms with Gasteiger partial charge in [0, 0.05) is 49.2 Å². The summed E-state index contributed by atoms with van der Waals surface area (Å²) in [5, 5.41) is 0.678. The molecule has 1 amide bonds. The number of hydrogen-bond donors (Lipinski definition) is 1. The SMILES string of the molecule is O=C(c1cc2ccc(OC(F)(F)F)cc2[nH]1)N1CCCN(C2CC2)CC1. The number of aromatic amines is 1. The van der Waals surface area contributed by atoms with Crippen molar-refractivity contribution in [1.82, 2.24) is 14.8 Å². The van der Waals surface area contributed by atoms with E-state index in [-0.39, 0.29) is 11.7 Å². The van der Waals surface area contributed by atoms with Gasteiger partial charge in [0.15, 0.2) is 0 Å². The number of rotatable bonds is 3. The van der Waals surface area contributed by atoms with Crippen LogP contribution >= 0.6 is 0 Å². The van der Waals surface area contributed by atoms with Gasteiger partial charge >= 0.3 is 6.36 Å². The Kier molecular flexibility index (Phi) is 4.30. The van der Waals surface area contributed by atoms with E-state index in [1.165, 1.54) is 31.0 Å². The Morgan fingerprint density at radius 3 is 2.65 bits per heavy atom. The Bertz CT molecular complexity index is 814. The number of ether oxygens (including phenoxy) is 1. The maximum atomic E-state index is 12.8. The number of hydrogen-bond acceptors (Lipinski definition) is 3. The van der Waals surface area contributed by atoms with Crippen molar-refractivity contribution < 1.29 is 22.7 Å². The third-order valence-corrected chi connectivity index (χ3v) is 4.94. The number of aromatic nitrogens is 1. The van der Waals surface area contributed by atoms with Gasteiger partial charge in [-0.3, -0.25) is 9.69 Å². The number of carbonyl (C=O) groups excluding carboxylic acids is 1. The highest BCUT2D eigenvalue weighted by atomic mass is 19.4. The number of H-pyrrole nitrogens is 1. The van der Waals surface area contributed by atoms with Crippen molar-refractivity contribution in [2.45, 2.75) is 31.7 Å². The largest absolute Gasteiger partial charge is 0.573 e. The summed E-state index contributed by atoms with van der Waals surface area (Å²) < 4.78 is 41.0. The molecule has 1 aliphatic carbocycles. The highest BCUT2D eigenvalue weighted by Gasteiger charge is 2.32. The summed E-state index contributed by atoms with van der Waals surface area (Å²) in [6.07, 6.45) is -1.30. The third-order valence-electron chi connectivity index (χ3n) is 4.94. The lowest BCUT2D eigenvalue weighted by molar-refractivity contribution is -0.274. The number of nitrogens with zero attached hydrogens (tertiary/aromatic N) is 2. The second-order valence-corrected chi connectivity index (χ2v) is 6.89. The minimum atomic E-state index is -4.74. The fraction of sp³-hybridized carbons (Fsp3) is 0.500. The first-order valence-electron chi connectivity index (χ1n) is 8.81. The highest BCUT2D eigenvalue weighted by molar-refractivity contribution is 5.98. The van der Waals surface area contributed by atoms with Gasteiger partial charge in [-0.25, -0.2) is 0 Å². The maximum Gasteiger partial charge on any atom is 0.573 e. The van der Waals surface area contributed by atoms with Gasteiger partial charge in [0.05, 0.1) is 0 Å². The topological polar surface area (TPSA) is 48.6 Å². The van der Waals surface area contributed by atoms with Gasteiger partial charge in [-0.05, 0) is 37.5 Å². The molecule has 0 atom stereocenters. The van der Waals surface area contributed by atoms with E-state index in [1.807, 2.05) is 4.90 Å². The van der Waals surface area contributed by atoms with Gasteiger partial charge in [-0.2, -0.15) is 0 Å². The zero-order valence-corrected chi connectivity index (χ0v) is 14.2. The smallest absolute Gasteiger partial charge is 0.406 e.